The average molecular weight is 451 g/mol. The number of aromatic carboxylic acids is 1. The SMILES string of the molecule is CC1=NN(c2ccc(C(=O)O)cc2)C(=O)C1=Cc1ccc(-c2ccccc2Br)o1. The van der Waals surface area contributed by atoms with Crippen LogP contribution in [-0.4, -0.2) is 22.7 Å². The summed E-state index contributed by atoms with van der Waals surface area (Å²) in [4.78, 5) is 23.8. The number of hydrogen-bond donors (Lipinski definition) is 1. The van der Waals surface area contributed by atoms with E-state index in [9.17, 15) is 9.59 Å². The molecule has 4 rings (SSSR count). The number of amides is 1. The highest BCUT2D eigenvalue weighted by Crippen LogP contribution is 2.31. The summed E-state index contributed by atoms with van der Waals surface area (Å²) in [7, 11) is 0. The first kappa shape index (κ1) is 18.9. The van der Waals surface area contributed by atoms with Gasteiger partial charge in [-0.15, -0.1) is 0 Å². The molecule has 6 nitrogen and oxygen atoms in total. The summed E-state index contributed by atoms with van der Waals surface area (Å²) in [6.45, 7) is 1.74. The second kappa shape index (κ2) is 7.52. The van der Waals surface area contributed by atoms with Crippen LogP contribution in [0.4, 0.5) is 5.69 Å². The van der Waals surface area contributed by atoms with Gasteiger partial charge in [-0.3, -0.25) is 4.79 Å². The van der Waals surface area contributed by atoms with Gasteiger partial charge in [-0.1, -0.05) is 34.1 Å². The molecule has 0 saturated carbocycles. The van der Waals surface area contributed by atoms with Crippen LogP contribution < -0.4 is 5.01 Å². The van der Waals surface area contributed by atoms with E-state index >= 15 is 0 Å². The third-order valence-electron chi connectivity index (χ3n) is 4.47. The molecule has 0 aliphatic carbocycles. The van der Waals surface area contributed by atoms with Gasteiger partial charge in [0.1, 0.15) is 11.5 Å². The summed E-state index contributed by atoms with van der Waals surface area (Å²) in [5.41, 5.74) is 2.53. The molecule has 7 heteroatoms. The van der Waals surface area contributed by atoms with E-state index in [0.717, 1.165) is 10.0 Å². The topological polar surface area (TPSA) is 83.1 Å². The molecule has 144 valence electrons. The van der Waals surface area contributed by atoms with Gasteiger partial charge < -0.3 is 9.52 Å². The predicted molar refractivity (Wildman–Crippen MR) is 114 cm³/mol. The van der Waals surface area contributed by atoms with Crippen molar-refractivity contribution in [1.82, 2.24) is 0 Å². The third kappa shape index (κ3) is 3.64. The number of hydrazone groups is 1. The Morgan fingerprint density at radius 2 is 1.83 bits per heavy atom. The summed E-state index contributed by atoms with van der Waals surface area (Å²) in [5.74, 6) is -0.102. The quantitative estimate of drug-likeness (QED) is 0.552. The molecule has 1 aliphatic rings. The van der Waals surface area contributed by atoms with E-state index < -0.39 is 5.97 Å². The van der Waals surface area contributed by atoms with E-state index in [1.165, 1.54) is 17.1 Å². The fourth-order valence-electron chi connectivity index (χ4n) is 2.98. The molecule has 1 N–H and O–H groups in total. The molecule has 29 heavy (non-hydrogen) atoms. The van der Waals surface area contributed by atoms with Gasteiger partial charge in [-0.05, 0) is 55.5 Å². The number of carbonyl (C=O) groups is 2. The Kier molecular flexibility index (Phi) is 4.90. The van der Waals surface area contributed by atoms with Crippen molar-refractivity contribution in [3.05, 3.63) is 82.0 Å². The lowest BCUT2D eigenvalue weighted by molar-refractivity contribution is -0.114. The maximum absolute atomic E-state index is 12.8. The lowest BCUT2D eigenvalue weighted by Gasteiger charge is -2.11. The number of furan rings is 1. The van der Waals surface area contributed by atoms with E-state index in [2.05, 4.69) is 21.0 Å². The van der Waals surface area contributed by atoms with Crippen molar-refractivity contribution in [1.29, 1.82) is 0 Å². The third-order valence-corrected chi connectivity index (χ3v) is 5.17. The Morgan fingerprint density at radius 3 is 2.52 bits per heavy atom. The van der Waals surface area contributed by atoms with Gasteiger partial charge in [0, 0.05) is 10.0 Å². The highest BCUT2D eigenvalue weighted by molar-refractivity contribution is 9.10. The fraction of sp³-hybridized carbons (Fsp3) is 0.0455. The molecule has 1 aromatic heterocycles. The molecule has 0 spiro atoms. The smallest absolute Gasteiger partial charge is 0.335 e. The number of benzene rings is 2. The van der Waals surface area contributed by atoms with Crippen LogP contribution in [0, 0.1) is 0 Å². The van der Waals surface area contributed by atoms with Crippen molar-refractivity contribution in [2.45, 2.75) is 6.92 Å². The van der Waals surface area contributed by atoms with Gasteiger partial charge in [-0.25, -0.2) is 4.79 Å². The molecule has 3 aromatic rings. The molecule has 0 bridgehead atoms. The second-order valence-corrected chi connectivity index (χ2v) is 7.25. The standard InChI is InChI=1S/C22H15BrN2O4/c1-13-18(12-16-10-11-20(29-16)17-4-2-3-5-19(17)23)21(26)25(24-13)15-8-6-14(7-9-15)22(27)28/h2-12H,1H3,(H,27,28). The highest BCUT2D eigenvalue weighted by atomic mass is 79.9. The molecule has 2 heterocycles. The largest absolute Gasteiger partial charge is 0.478 e. The van der Waals surface area contributed by atoms with Crippen LogP contribution in [0.3, 0.4) is 0 Å². The number of anilines is 1. The average Bonchev–Trinajstić information content (AvgIpc) is 3.28. The number of carboxylic acid groups (broad SMARTS) is 1. The summed E-state index contributed by atoms with van der Waals surface area (Å²) in [6.07, 6.45) is 1.66. The monoisotopic (exact) mass is 450 g/mol. The van der Waals surface area contributed by atoms with Crippen molar-refractivity contribution >= 4 is 45.3 Å². The number of rotatable bonds is 4. The molecule has 2 aromatic carbocycles. The van der Waals surface area contributed by atoms with Crippen LogP contribution in [0.15, 0.2) is 80.2 Å². The van der Waals surface area contributed by atoms with E-state index in [4.69, 9.17) is 9.52 Å². The van der Waals surface area contributed by atoms with E-state index in [1.54, 1.807) is 31.2 Å². The maximum atomic E-state index is 12.8. The van der Waals surface area contributed by atoms with Crippen LogP contribution in [0.25, 0.3) is 17.4 Å². The van der Waals surface area contributed by atoms with Crippen LogP contribution in [0.1, 0.15) is 23.0 Å². The van der Waals surface area contributed by atoms with Crippen molar-refractivity contribution < 1.29 is 19.1 Å². The van der Waals surface area contributed by atoms with Crippen molar-refractivity contribution in [3.8, 4) is 11.3 Å². The molecular formula is C22H15BrN2O4. The zero-order valence-corrected chi connectivity index (χ0v) is 16.9. The Hall–Kier alpha value is -3.45. The normalized spacial score (nSPS) is 15.1. The molecule has 1 amide bonds. The minimum Gasteiger partial charge on any atom is -0.478 e. The molecule has 0 fully saturated rings. The first-order valence-electron chi connectivity index (χ1n) is 8.74. The molecule has 1 aliphatic heterocycles. The van der Waals surface area contributed by atoms with Crippen LogP contribution in [0.2, 0.25) is 0 Å². The predicted octanol–water partition coefficient (Wildman–Crippen LogP) is 5.21. The van der Waals surface area contributed by atoms with Crippen LogP contribution in [0.5, 0.6) is 0 Å². The van der Waals surface area contributed by atoms with E-state index in [0.29, 0.717) is 28.5 Å². The highest BCUT2D eigenvalue weighted by Gasteiger charge is 2.29. The summed E-state index contributed by atoms with van der Waals surface area (Å²) >= 11 is 3.51. The van der Waals surface area contributed by atoms with Crippen molar-refractivity contribution in [2.75, 3.05) is 5.01 Å². The fourth-order valence-corrected chi connectivity index (χ4v) is 3.46. The Balaban J connectivity index is 1.61. The van der Waals surface area contributed by atoms with E-state index in [-0.39, 0.29) is 11.5 Å². The molecular weight excluding hydrogens is 436 g/mol. The van der Waals surface area contributed by atoms with Crippen LogP contribution >= 0.6 is 15.9 Å². The minimum absolute atomic E-state index is 0.145. The van der Waals surface area contributed by atoms with Gasteiger partial charge in [0.15, 0.2) is 0 Å². The van der Waals surface area contributed by atoms with Gasteiger partial charge in [0.2, 0.25) is 0 Å². The van der Waals surface area contributed by atoms with E-state index in [1.807, 2.05) is 30.3 Å². The maximum Gasteiger partial charge on any atom is 0.335 e. The van der Waals surface area contributed by atoms with Crippen molar-refractivity contribution in [3.63, 3.8) is 0 Å². The molecule has 0 saturated heterocycles. The van der Waals surface area contributed by atoms with Gasteiger partial charge in [0.05, 0.1) is 22.5 Å². The lowest BCUT2D eigenvalue weighted by Crippen LogP contribution is -2.21. The second-order valence-electron chi connectivity index (χ2n) is 6.39. The number of carbonyl (C=O) groups excluding carboxylic acids is 1. The van der Waals surface area contributed by atoms with Crippen LogP contribution in [-0.2, 0) is 4.79 Å². The minimum atomic E-state index is -1.02. The molecule has 0 radical (unpaired) electrons. The Labute approximate surface area is 174 Å². The zero-order valence-electron chi connectivity index (χ0n) is 15.3. The number of halogens is 1. The zero-order chi connectivity index (χ0) is 20.5. The number of hydrogen-bond acceptors (Lipinski definition) is 4. The first-order valence-corrected chi connectivity index (χ1v) is 9.53. The number of carboxylic acids is 1. The lowest BCUT2D eigenvalue weighted by atomic mass is 10.1. The van der Waals surface area contributed by atoms with Gasteiger partial charge in [-0.2, -0.15) is 10.1 Å². The Bertz CT molecular complexity index is 1180. The molecule has 0 unspecified atom stereocenters. The summed E-state index contributed by atoms with van der Waals surface area (Å²) in [5, 5.41) is 14.6. The van der Waals surface area contributed by atoms with Crippen molar-refractivity contribution in [2.24, 2.45) is 5.10 Å². The first-order chi connectivity index (χ1) is 13.9. The summed E-state index contributed by atoms with van der Waals surface area (Å²) < 4.78 is 6.81. The van der Waals surface area contributed by atoms with Gasteiger partial charge in [0.25, 0.3) is 5.91 Å². The number of nitrogens with zero attached hydrogens (tertiary/aromatic N) is 2. The summed E-state index contributed by atoms with van der Waals surface area (Å²) in [6, 6.07) is 17.4. The Morgan fingerprint density at radius 1 is 1.10 bits per heavy atom. The van der Waals surface area contributed by atoms with Gasteiger partial charge >= 0.3 is 5.97 Å². The molecule has 0 atom stereocenters.